The molecule has 7 heteroatoms. The van der Waals surface area contributed by atoms with Gasteiger partial charge in [-0.25, -0.2) is 4.98 Å². The van der Waals surface area contributed by atoms with Crippen molar-refractivity contribution in [1.82, 2.24) is 9.88 Å². The number of piperidine rings is 1. The smallest absolute Gasteiger partial charge is 0.226 e. The maximum absolute atomic E-state index is 6.09. The monoisotopic (exact) mass is 442 g/mol. The Labute approximate surface area is 187 Å². The fraction of sp³-hybridized carbons (Fsp3) is 0.375. The van der Waals surface area contributed by atoms with E-state index in [0.717, 1.165) is 55.2 Å². The van der Waals surface area contributed by atoms with Gasteiger partial charge in [0.15, 0.2) is 11.5 Å². The van der Waals surface area contributed by atoms with Crippen LogP contribution >= 0.6 is 11.6 Å². The number of nitrogens with zero attached hydrogens (tertiary/aromatic N) is 2. The number of ether oxygens (including phenoxy) is 3. The molecule has 0 radical (unpaired) electrons. The van der Waals surface area contributed by atoms with Crippen LogP contribution in [0, 0.1) is 6.92 Å². The van der Waals surface area contributed by atoms with E-state index in [-0.39, 0.29) is 6.10 Å². The van der Waals surface area contributed by atoms with Gasteiger partial charge >= 0.3 is 0 Å². The molecule has 1 aromatic heterocycles. The third-order valence-electron chi connectivity index (χ3n) is 5.53. The van der Waals surface area contributed by atoms with Gasteiger partial charge in [0.25, 0.3) is 0 Å². The van der Waals surface area contributed by atoms with E-state index in [0.29, 0.717) is 22.4 Å². The average Bonchev–Trinajstić information content (AvgIpc) is 3.14. The van der Waals surface area contributed by atoms with E-state index in [2.05, 4.69) is 4.90 Å². The van der Waals surface area contributed by atoms with Crippen LogP contribution in [0.5, 0.6) is 17.2 Å². The van der Waals surface area contributed by atoms with Crippen LogP contribution in [-0.4, -0.2) is 43.3 Å². The van der Waals surface area contributed by atoms with Gasteiger partial charge in [-0.15, -0.1) is 0 Å². The second-order valence-corrected chi connectivity index (χ2v) is 8.08. The van der Waals surface area contributed by atoms with Crippen LogP contribution in [0.2, 0.25) is 5.02 Å². The van der Waals surface area contributed by atoms with E-state index < -0.39 is 0 Å². The van der Waals surface area contributed by atoms with Gasteiger partial charge in [0.05, 0.1) is 19.9 Å². The van der Waals surface area contributed by atoms with Crippen LogP contribution in [0.15, 0.2) is 46.9 Å². The minimum Gasteiger partial charge on any atom is -0.493 e. The summed E-state index contributed by atoms with van der Waals surface area (Å²) in [5.41, 5.74) is 1.82. The zero-order chi connectivity index (χ0) is 21.8. The van der Waals surface area contributed by atoms with Crippen molar-refractivity contribution in [1.29, 1.82) is 0 Å². The highest BCUT2D eigenvalue weighted by Crippen LogP contribution is 2.33. The topological polar surface area (TPSA) is 57.0 Å². The Kier molecular flexibility index (Phi) is 6.68. The number of hydrogen-bond acceptors (Lipinski definition) is 6. The van der Waals surface area contributed by atoms with E-state index >= 15 is 0 Å². The van der Waals surface area contributed by atoms with Gasteiger partial charge in [-0.3, -0.25) is 4.90 Å². The first-order valence-electron chi connectivity index (χ1n) is 10.4. The molecule has 31 heavy (non-hydrogen) atoms. The molecular formula is C24H27ClN2O4. The lowest BCUT2D eigenvalue weighted by atomic mass is 10.1. The molecule has 0 N–H and O–H groups in total. The molecule has 1 fully saturated rings. The molecule has 0 amide bonds. The van der Waals surface area contributed by atoms with Crippen LogP contribution < -0.4 is 14.2 Å². The van der Waals surface area contributed by atoms with Crippen molar-refractivity contribution in [3.05, 3.63) is 58.9 Å². The zero-order valence-corrected chi connectivity index (χ0v) is 18.8. The number of rotatable bonds is 7. The summed E-state index contributed by atoms with van der Waals surface area (Å²) in [6.07, 6.45) is 2.13. The Bertz CT molecular complexity index is 1030. The number of methoxy groups -OCH3 is 2. The summed E-state index contributed by atoms with van der Waals surface area (Å²) < 4.78 is 22.8. The predicted molar refractivity (Wildman–Crippen MR) is 120 cm³/mol. The molecule has 0 aliphatic carbocycles. The first-order valence-corrected chi connectivity index (χ1v) is 10.8. The number of aryl methyl sites for hydroxylation is 1. The Morgan fingerprint density at radius 2 is 1.84 bits per heavy atom. The molecular weight excluding hydrogens is 416 g/mol. The number of benzene rings is 2. The van der Waals surface area contributed by atoms with Crippen molar-refractivity contribution in [3.8, 4) is 28.7 Å². The van der Waals surface area contributed by atoms with E-state index in [1.54, 1.807) is 14.2 Å². The zero-order valence-electron chi connectivity index (χ0n) is 18.1. The normalized spacial score (nSPS) is 15.1. The van der Waals surface area contributed by atoms with Gasteiger partial charge in [-0.2, -0.15) is 0 Å². The molecule has 1 saturated heterocycles. The Morgan fingerprint density at radius 3 is 2.55 bits per heavy atom. The second-order valence-electron chi connectivity index (χ2n) is 7.64. The lowest BCUT2D eigenvalue weighted by Crippen LogP contribution is -2.38. The van der Waals surface area contributed by atoms with Crippen LogP contribution in [0.3, 0.4) is 0 Å². The van der Waals surface area contributed by atoms with E-state index in [1.165, 1.54) is 0 Å². The summed E-state index contributed by atoms with van der Waals surface area (Å²) in [7, 11) is 3.24. The van der Waals surface area contributed by atoms with Crippen LogP contribution in [0.1, 0.15) is 24.3 Å². The number of likely N-dealkylation sites (tertiary alicyclic amines) is 1. The summed E-state index contributed by atoms with van der Waals surface area (Å²) in [4.78, 5) is 7.14. The third kappa shape index (κ3) is 5.14. The molecule has 0 bridgehead atoms. The van der Waals surface area contributed by atoms with Crippen molar-refractivity contribution in [3.63, 3.8) is 0 Å². The van der Waals surface area contributed by atoms with Crippen LogP contribution in [0.4, 0.5) is 0 Å². The number of halogens is 1. The number of aromatic nitrogens is 1. The molecule has 3 aromatic rings. The van der Waals surface area contributed by atoms with Gasteiger partial charge in [-0.1, -0.05) is 17.7 Å². The SMILES string of the molecule is COc1ccc(-c2nc(CN3CCC(Oc4cccc(Cl)c4)CC3)c(C)o2)cc1OC. The largest absolute Gasteiger partial charge is 0.493 e. The highest BCUT2D eigenvalue weighted by molar-refractivity contribution is 6.30. The number of oxazole rings is 1. The van der Waals surface area contributed by atoms with Gasteiger partial charge in [0.2, 0.25) is 5.89 Å². The summed E-state index contributed by atoms with van der Waals surface area (Å²) in [5.74, 6) is 3.59. The van der Waals surface area contributed by atoms with Crippen molar-refractivity contribution in [2.45, 2.75) is 32.4 Å². The second kappa shape index (κ2) is 9.62. The first-order chi connectivity index (χ1) is 15.1. The summed E-state index contributed by atoms with van der Waals surface area (Å²) >= 11 is 6.05. The maximum Gasteiger partial charge on any atom is 0.226 e. The molecule has 0 spiro atoms. The highest BCUT2D eigenvalue weighted by atomic mass is 35.5. The molecule has 0 atom stereocenters. The molecule has 0 saturated carbocycles. The van der Waals surface area contributed by atoms with Crippen molar-refractivity contribution < 1.29 is 18.6 Å². The standard InChI is InChI=1S/C24H27ClN2O4/c1-16-21(26-24(30-16)17-7-8-22(28-2)23(13-17)29-3)15-27-11-9-19(10-12-27)31-20-6-4-5-18(25)14-20/h4-8,13-14,19H,9-12,15H2,1-3H3. The average molecular weight is 443 g/mol. The van der Waals surface area contributed by atoms with Gasteiger partial charge in [0.1, 0.15) is 17.6 Å². The first kappa shape index (κ1) is 21.5. The molecule has 2 aromatic carbocycles. The minimum absolute atomic E-state index is 0.204. The van der Waals surface area contributed by atoms with Crippen molar-refractivity contribution >= 4 is 11.6 Å². The quantitative estimate of drug-likeness (QED) is 0.490. The van der Waals surface area contributed by atoms with Gasteiger partial charge < -0.3 is 18.6 Å². The molecule has 1 aliphatic rings. The van der Waals surface area contributed by atoms with E-state index in [9.17, 15) is 0 Å². The molecule has 0 unspecified atom stereocenters. The highest BCUT2D eigenvalue weighted by Gasteiger charge is 2.23. The third-order valence-corrected chi connectivity index (χ3v) is 5.77. The summed E-state index contributed by atoms with van der Waals surface area (Å²) in [6.45, 7) is 4.61. The summed E-state index contributed by atoms with van der Waals surface area (Å²) in [5, 5.41) is 0.696. The molecule has 1 aliphatic heterocycles. The van der Waals surface area contributed by atoms with E-state index in [1.807, 2.05) is 49.4 Å². The Hall–Kier alpha value is -2.70. The Balaban J connectivity index is 1.37. The maximum atomic E-state index is 6.09. The predicted octanol–water partition coefficient (Wildman–Crippen LogP) is 5.36. The van der Waals surface area contributed by atoms with Crippen molar-refractivity contribution in [2.75, 3.05) is 27.3 Å². The van der Waals surface area contributed by atoms with E-state index in [4.69, 9.17) is 35.2 Å². The van der Waals surface area contributed by atoms with Gasteiger partial charge in [-0.05, 0) is 56.2 Å². The molecule has 2 heterocycles. The van der Waals surface area contributed by atoms with Crippen molar-refractivity contribution in [2.24, 2.45) is 0 Å². The summed E-state index contributed by atoms with van der Waals surface area (Å²) in [6, 6.07) is 13.2. The molecule has 6 nitrogen and oxygen atoms in total. The Morgan fingerprint density at radius 1 is 1.06 bits per heavy atom. The lowest BCUT2D eigenvalue weighted by Gasteiger charge is -2.31. The molecule has 164 valence electrons. The lowest BCUT2D eigenvalue weighted by molar-refractivity contribution is 0.0960. The fourth-order valence-electron chi connectivity index (χ4n) is 3.80. The van der Waals surface area contributed by atoms with Crippen LogP contribution in [-0.2, 0) is 6.54 Å². The molecule has 4 rings (SSSR count). The van der Waals surface area contributed by atoms with Crippen LogP contribution in [0.25, 0.3) is 11.5 Å². The minimum atomic E-state index is 0.204. The fourth-order valence-corrected chi connectivity index (χ4v) is 3.98. The number of hydrogen-bond donors (Lipinski definition) is 0. The van der Waals surface area contributed by atoms with Gasteiger partial charge in [0, 0.05) is 30.2 Å².